The molecule has 0 heterocycles. The average Bonchev–Trinajstić information content (AvgIpc) is 2.89. The fourth-order valence-electron chi connectivity index (χ4n) is 2.39. The maximum absolute atomic E-state index is 14.6. The highest BCUT2D eigenvalue weighted by atomic mass is 79.9. The number of benzene rings is 3. The second-order valence-corrected chi connectivity index (χ2v) is 19.8. The minimum atomic E-state index is -4.56. The first-order valence-corrected chi connectivity index (χ1v) is 22.0. The summed E-state index contributed by atoms with van der Waals surface area (Å²) in [6, 6.07) is 0. The average molecular weight is 1510 g/mol. The third-order valence-corrected chi connectivity index (χ3v) is 23.4. The molecule has 0 spiro atoms. The lowest BCUT2D eigenvalue weighted by Crippen LogP contribution is -2.10. The zero-order valence-corrected chi connectivity index (χ0v) is 41.4. The molecule has 4 nitrogen and oxygen atoms in total. The molecular formula is C18Br15O4P. The number of phosphoric ester groups is 1. The van der Waals surface area contributed by atoms with Crippen LogP contribution in [0.5, 0.6) is 17.2 Å². The summed E-state index contributed by atoms with van der Waals surface area (Å²) in [6.45, 7) is 0. The monoisotopic (exact) mass is 1490 g/mol. The van der Waals surface area contributed by atoms with Gasteiger partial charge < -0.3 is 13.6 Å². The molecule has 0 fully saturated rings. The maximum atomic E-state index is 14.6. The summed E-state index contributed by atoms with van der Waals surface area (Å²) in [7, 11) is -4.56. The van der Waals surface area contributed by atoms with Crippen LogP contribution in [0.3, 0.4) is 0 Å². The van der Waals surface area contributed by atoms with Gasteiger partial charge >= 0.3 is 7.82 Å². The fraction of sp³-hybridized carbons (Fsp3) is 0. The molecule has 3 rings (SSSR count). The van der Waals surface area contributed by atoms with Crippen LogP contribution >= 0.6 is 247 Å². The Labute approximate surface area is 342 Å². The largest absolute Gasteiger partial charge is 0.647 e. The van der Waals surface area contributed by atoms with Crippen LogP contribution in [-0.4, -0.2) is 0 Å². The van der Waals surface area contributed by atoms with E-state index in [-0.39, 0.29) is 17.2 Å². The first-order chi connectivity index (χ1) is 17.4. The first-order valence-electron chi connectivity index (χ1n) is 8.68. The van der Waals surface area contributed by atoms with Gasteiger partial charge in [-0.2, -0.15) is 4.57 Å². The van der Waals surface area contributed by atoms with E-state index >= 15 is 0 Å². The molecule has 0 unspecified atom stereocenters. The standard InChI is InChI=1S/C18Br15O4P/c19-1-4(22)10(28)16(11(29)5(1)23)35-38(34,36-17-12(30)6(24)2(20)7(25)13(17)31)37-18-14(32)8(26)3(21)9(27)15(18)33. The van der Waals surface area contributed by atoms with Gasteiger partial charge in [0.2, 0.25) is 0 Å². The van der Waals surface area contributed by atoms with Crippen LogP contribution in [0.2, 0.25) is 0 Å². The summed E-state index contributed by atoms with van der Waals surface area (Å²) in [6.07, 6.45) is 0. The summed E-state index contributed by atoms with van der Waals surface area (Å²) in [5, 5.41) is 0. The van der Waals surface area contributed by atoms with Crippen molar-refractivity contribution in [3.05, 3.63) is 67.1 Å². The third kappa shape index (κ3) is 7.54. The number of rotatable bonds is 6. The van der Waals surface area contributed by atoms with Crippen molar-refractivity contribution in [1.82, 2.24) is 0 Å². The van der Waals surface area contributed by atoms with Crippen LogP contribution < -0.4 is 13.6 Å². The molecule has 20 heteroatoms. The third-order valence-electron chi connectivity index (χ3n) is 4.12. The smallest absolute Gasteiger partial charge is 0.383 e. The van der Waals surface area contributed by atoms with E-state index < -0.39 is 7.82 Å². The minimum Gasteiger partial charge on any atom is -0.383 e. The Kier molecular flexibility index (Phi) is 14.5. The van der Waals surface area contributed by atoms with Crippen LogP contribution in [-0.2, 0) is 4.57 Å². The Morgan fingerprint density at radius 3 is 0.579 bits per heavy atom. The van der Waals surface area contributed by atoms with E-state index in [1.807, 2.05) is 0 Å². The van der Waals surface area contributed by atoms with E-state index in [0.717, 1.165) is 0 Å². The van der Waals surface area contributed by atoms with Crippen molar-refractivity contribution in [3.8, 4) is 17.2 Å². The summed E-state index contributed by atoms with van der Waals surface area (Å²) in [5.41, 5.74) is 0. The molecule has 0 saturated heterocycles. The lowest BCUT2D eigenvalue weighted by molar-refractivity contribution is 0.294. The van der Waals surface area contributed by atoms with E-state index in [9.17, 15) is 4.57 Å². The normalized spacial score (nSPS) is 11.7. The highest BCUT2D eigenvalue weighted by molar-refractivity contribution is 9.17. The maximum Gasteiger partial charge on any atom is 0.647 e. The van der Waals surface area contributed by atoms with Gasteiger partial charge in [0.25, 0.3) is 0 Å². The van der Waals surface area contributed by atoms with Gasteiger partial charge in [0, 0.05) is 13.4 Å². The molecule has 0 atom stereocenters. The Bertz CT molecular complexity index is 1280. The van der Waals surface area contributed by atoms with Crippen LogP contribution in [0.15, 0.2) is 67.1 Å². The molecule has 0 N–H and O–H groups in total. The summed E-state index contributed by atoms with van der Waals surface area (Å²) >= 11 is 52.4. The lowest BCUT2D eigenvalue weighted by atomic mass is 10.3. The molecule has 38 heavy (non-hydrogen) atoms. The summed E-state index contributed by atoms with van der Waals surface area (Å²) in [5.74, 6) is 0.417. The topological polar surface area (TPSA) is 44.8 Å². The van der Waals surface area contributed by atoms with Crippen molar-refractivity contribution in [1.29, 1.82) is 0 Å². The zero-order valence-electron chi connectivity index (χ0n) is 16.7. The van der Waals surface area contributed by atoms with Gasteiger partial charge in [-0.25, -0.2) is 0 Å². The Balaban J connectivity index is 2.31. The van der Waals surface area contributed by atoms with Crippen molar-refractivity contribution in [2.75, 3.05) is 0 Å². The van der Waals surface area contributed by atoms with E-state index in [0.29, 0.717) is 67.1 Å². The van der Waals surface area contributed by atoms with Crippen molar-refractivity contribution in [2.24, 2.45) is 0 Å². The number of hydrogen-bond acceptors (Lipinski definition) is 4. The predicted octanol–water partition coefficient (Wildman–Crippen LogP) is 16.8. The van der Waals surface area contributed by atoms with Gasteiger partial charge in [0.15, 0.2) is 17.2 Å². The first kappa shape index (κ1) is 37.0. The highest BCUT2D eigenvalue weighted by Crippen LogP contribution is 2.62. The molecule has 0 aromatic heterocycles. The van der Waals surface area contributed by atoms with Crippen LogP contribution in [0, 0.1) is 0 Å². The van der Waals surface area contributed by atoms with Crippen LogP contribution in [0.25, 0.3) is 0 Å². The Morgan fingerprint density at radius 2 is 0.421 bits per heavy atom. The number of halogens is 15. The number of phosphoric acid groups is 1. The van der Waals surface area contributed by atoms with Crippen LogP contribution in [0.1, 0.15) is 0 Å². The van der Waals surface area contributed by atoms with Gasteiger partial charge in [-0.15, -0.1) is 0 Å². The fourth-order valence-corrected chi connectivity index (χ4v) is 14.0. The molecule has 3 aromatic carbocycles. The van der Waals surface area contributed by atoms with Crippen molar-refractivity contribution in [3.63, 3.8) is 0 Å². The van der Waals surface area contributed by atoms with E-state index in [4.69, 9.17) is 13.6 Å². The molecule has 0 aliphatic rings. The second-order valence-electron chi connectivity index (χ2n) is 6.42. The van der Waals surface area contributed by atoms with Gasteiger partial charge in [0.05, 0.1) is 53.7 Å². The predicted molar refractivity (Wildman–Crippen MR) is 204 cm³/mol. The van der Waals surface area contributed by atoms with E-state index in [1.54, 1.807) is 0 Å². The van der Waals surface area contributed by atoms with E-state index in [2.05, 4.69) is 239 Å². The van der Waals surface area contributed by atoms with Crippen molar-refractivity contribution < 1.29 is 18.1 Å². The minimum absolute atomic E-state index is 0.139. The van der Waals surface area contributed by atoms with Gasteiger partial charge in [0.1, 0.15) is 0 Å². The number of hydrogen-bond donors (Lipinski definition) is 0. The Morgan fingerprint density at radius 1 is 0.289 bits per heavy atom. The van der Waals surface area contributed by atoms with Gasteiger partial charge in [-0.3, -0.25) is 0 Å². The molecule has 0 saturated carbocycles. The lowest BCUT2D eigenvalue weighted by Gasteiger charge is -2.25. The zero-order chi connectivity index (χ0) is 29.0. The summed E-state index contributed by atoms with van der Waals surface area (Å²) < 4.78 is 41.3. The Hall–Kier alpha value is 4.49. The van der Waals surface area contributed by atoms with Crippen LogP contribution in [0.4, 0.5) is 0 Å². The SMILES string of the molecule is O=P(Oc1c(Br)c(Br)c(Br)c(Br)c1Br)(Oc1c(Br)c(Br)c(Br)c(Br)c1Br)Oc1c(Br)c(Br)c(Br)c(Br)c1Br. The summed E-state index contributed by atoms with van der Waals surface area (Å²) in [4.78, 5) is 0. The quantitative estimate of drug-likeness (QED) is 0.140. The van der Waals surface area contributed by atoms with Crippen molar-refractivity contribution in [2.45, 2.75) is 0 Å². The molecule has 206 valence electrons. The van der Waals surface area contributed by atoms with E-state index in [1.165, 1.54) is 0 Å². The second kappa shape index (κ2) is 14.9. The molecule has 0 aliphatic carbocycles. The highest BCUT2D eigenvalue weighted by Gasteiger charge is 2.40. The molecule has 3 aromatic rings. The molecule has 0 bridgehead atoms. The molecule has 0 aliphatic heterocycles. The van der Waals surface area contributed by atoms with Gasteiger partial charge in [-0.1, -0.05) is 0 Å². The van der Waals surface area contributed by atoms with Crippen molar-refractivity contribution >= 4 is 247 Å². The molecule has 0 radical (unpaired) electrons. The molecule has 0 amide bonds. The van der Waals surface area contributed by atoms with Gasteiger partial charge in [-0.05, 0) is 239 Å². The molecular weight excluding hydrogens is 1510 g/mol.